The van der Waals surface area contributed by atoms with Crippen molar-refractivity contribution in [1.82, 2.24) is 14.4 Å². The van der Waals surface area contributed by atoms with Gasteiger partial charge in [0.05, 0.1) is 31.9 Å². The molecule has 0 saturated carbocycles. The minimum Gasteiger partial charge on any atom is -0.488 e. The predicted octanol–water partition coefficient (Wildman–Crippen LogP) is 1.13. The fourth-order valence-corrected chi connectivity index (χ4v) is 5.96. The van der Waals surface area contributed by atoms with E-state index in [1.54, 1.807) is 13.0 Å². The summed E-state index contributed by atoms with van der Waals surface area (Å²) in [6.07, 6.45) is 0.367. The van der Waals surface area contributed by atoms with Crippen molar-refractivity contribution < 1.29 is 36.0 Å². The average Bonchev–Trinajstić information content (AvgIpc) is 3.16. The molecule has 0 bridgehead atoms. The van der Waals surface area contributed by atoms with Gasteiger partial charge in [-0.2, -0.15) is 0 Å². The maximum atomic E-state index is 13.3. The maximum absolute atomic E-state index is 13.3. The Morgan fingerprint density at radius 2 is 1.95 bits per heavy atom. The first-order valence-electron chi connectivity index (χ1n) is 11.7. The van der Waals surface area contributed by atoms with Gasteiger partial charge in [-0.1, -0.05) is 12.1 Å². The zero-order valence-corrected chi connectivity index (χ0v) is 23.4. The van der Waals surface area contributed by atoms with Crippen LogP contribution in [0.25, 0.3) is 0 Å². The monoisotopic (exact) mass is 558 g/mol. The number of aliphatic hydroxyl groups is 1. The molecular weight excluding hydrogens is 524 g/mol. The van der Waals surface area contributed by atoms with Crippen molar-refractivity contribution in [3.05, 3.63) is 35.2 Å². The summed E-state index contributed by atoms with van der Waals surface area (Å²) in [5, 5.41) is 13.4. The van der Waals surface area contributed by atoms with Gasteiger partial charge >= 0.3 is 0 Å². The Hall–Kier alpha value is -2.68. The zero-order valence-electron chi connectivity index (χ0n) is 21.8. The molecule has 0 saturated heterocycles. The highest BCUT2D eigenvalue weighted by molar-refractivity contribution is 7.92. The number of rotatable bonds is 8. The Morgan fingerprint density at radius 3 is 2.51 bits per heavy atom. The number of aromatic nitrogens is 1. The van der Waals surface area contributed by atoms with Crippen LogP contribution in [0.5, 0.6) is 5.75 Å². The largest absolute Gasteiger partial charge is 0.488 e. The molecule has 0 radical (unpaired) electrons. The van der Waals surface area contributed by atoms with E-state index < -0.39 is 32.2 Å². The third-order valence-corrected chi connectivity index (χ3v) is 9.31. The van der Waals surface area contributed by atoms with Crippen molar-refractivity contribution in [3.8, 4) is 5.75 Å². The van der Waals surface area contributed by atoms with Crippen molar-refractivity contribution in [2.75, 3.05) is 37.7 Å². The molecule has 1 aromatic carbocycles. The fourth-order valence-electron chi connectivity index (χ4n) is 4.16. The number of nitrogens with zero attached hydrogens (tertiary/aromatic N) is 3. The number of carbonyl (C=O) groups excluding carboxylic acids is 1. The van der Waals surface area contributed by atoms with Crippen LogP contribution in [0.1, 0.15) is 30.9 Å². The lowest BCUT2D eigenvalue weighted by Gasteiger charge is -2.33. The van der Waals surface area contributed by atoms with Gasteiger partial charge in [0.25, 0.3) is 10.0 Å². The molecular formula is C23H34N4O8S2. The highest BCUT2D eigenvalue weighted by atomic mass is 32.2. The van der Waals surface area contributed by atoms with E-state index >= 15 is 0 Å². The molecule has 0 fully saturated rings. The first-order valence-corrected chi connectivity index (χ1v) is 15.0. The summed E-state index contributed by atoms with van der Waals surface area (Å²) in [6.45, 7) is 6.61. The van der Waals surface area contributed by atoms with Crippen molar-refractivity contribution >= 4 is 31.6 Å². The molecule has 1 amide bonds. The minimum atomic E-state index is -4.02. The van der Waals surface area contributed by atoms with Gasteiger partial charge in [0.1, 0.15) is 17.5 Å². The van der Waals surface area contributed by atoms with E-state index in [1.165, 1.54) is 42.2 Å². The SMILES string of the molecule is Cc1noc(C)c1S(=O)(=O)Nc1ccc2c(c1)CC(=O)N([C@H](C)CO)C[C@H](C)[C@H](CN(C)S(C)(=O)=O)O2. The number of sulfonamides is 2. The van der Waals surface area contributed by atoms with Gasteiger partial charge < -0.3 is 19.3 Å². The van der Waals surface area contributed by atoms with Crippen LogP contribution in [0.4, 0.5) is 5.69 Å². The number of likely N-dealkylation sites (N-methyl/N-ethyl adjacent to an activating group) is 1. The summed E-state index contributed by atoms with van der Waals surface area (Å²) in [4.78, 5) is 14.8. The molecule has 0 spiro atoms. The normalized spacial score (nSPS) is 20.0. The van der Waals surface area contributed by atoms with Crippen molar-refractivity contribution in [2.45, 2.75) is 51.2 Å². The van der Waals surface area contributed by atoms with Gasteiger partial charge in [-0.25, -0.2) is 21.1 Å². The summed E-state index contributed by atoms with van der Waals surface area (Å²) < 4.78 is 65.0. The van der Waals surface area contributed by atoms with Crippen LogP contribution in [0.2, 0.25) is 0 Å². The Balaban J connectivity index is 2.02. The number of hydrogen-bond acceptors (Lipinski definition) is 9. The number of aryl methyl sites for hydroxylation is 2. The Kier molecular flexibility index (Phi) is 8.57. The lowest BCUT2D eigenvalue weighted by atomic mass is 10.0. The standard InChI is InChI=1S/C23H34N4O8S2/c1-14-11-27(15(2)13-28)22(29)10-18-9-19(25-37(32,33)23-16(3)24-35-17(23)4)7-8-20(18)34-21(14)12-26(5)36(6,30)31/h7-9,14-15,21,25,28H,10-13H2,1-6H3/t14-,15+,21-/m0/s1. The second-order valence-corrected chi connectivity index (χ2v) is 13.2. The molecule has 3 rings (SSSR count). The summed E-state index contributed by atoms with van der Waals surface area (Å²) in [7, 11) is -6.07. The fraction of sp³-hybridized carbons (Fsp3) is 0.565. The van der Waals surface area contributed by atoms with E-state index in [4.69, 9.17) is 9.26 Å². The average molecular weight is 559 g/mol. The number of aliphatic hydroxyl groups excluding tert-OH is 1. The molecule has 1 aromatic heterocycles. The molecule has 37 heavy (non-hydrogen) atoms. The number of fused-ring (bicyclic) bond motifs is 1. The molecule has 2 heterocycles. The van der Waals surface area contributed by atoms with Gasteiger partial charge in [0.2, 0.25) is 15.9 Å². The van der Waals surface area contributed by atoms with E-state index in [9.17, 15) is 26.7 Å². The van der Waals surface area contributed by atoms with Crippen LogP contribution in [0.15, 0.2) is 27.6 Å². The van der Waals surface area contributed by atoms with E-state index in [0.29, 0.717) is 11.3 Å². The lowest BCUT2D eigenvalue weighted by Crippen LogP contribution is -2.48. The number of anilines is 1. The number of nitrogens with one attached hydrogen (secondary N) is 1. The van der Waals surface area contributed by atoms with Crippen LogP contribution in [-0.2, 0) is 31.3 Å². The van der Waals surface area contributed by atoms with Crippen molar-refractivity contribution in [3.63, 3.8) is 0 Å². The number of ether oxygens (including phenoxy) is 1. The van der Waals surface area contributed by atoms with E-state index in [1.807, 2.05) is 6.92 Å². The molecule has 14 heteroatoms. The van der Waals surface area contributed by atoms with Crippen LogP contribution in [-0.4, -0.2) is 87.4 Å². The van der Waals surface area contributed by atoms with Gasteiger partial charge in [-0.15, -0.1) is 0 Å². The van der Waals surface area contributed by atoms with Gasteiger partial charge in [-0.05, 0) is 39.0 Å². The zero-order chi connectivity index (χ0) is 27.7. The molecule has 2 aromatic rings. The van der Waals surface area contributed by atoms with Gasteiger partial charge in [0.15, 0.2) is 10.7 Å². The van der Waals surface area contributed by atoms with Crippen LogP contribution < -0.4 is 9.46 Å². The van der Waals surface area contributed by atoms with Crippen LogP contribution in [0, 0.1) is 19.8 Å². The van der Waals surface area contributed by atoms with E-state index in [2.05, 4.69) is 9.88 Å². The smallest absolute Gasteiger partial charge is 0.267 e. The van der Waals surface area contributed by atoms with Crippen molar-refractivity contribution in [1.29, 1.82) is 0 Å². The number of amides is 1. The predicted molar refractivity (Wildman–Crippen MR) is 136 cm³/mol. The van der Waals surface area contributed by atoms with E-state index in [-0.39, 0.29) is 60.0 Å². The Labute approximate surface area is 217 Å². The second kappa shape index (κ2) is 11.0. The molecule has 1 aliphatic rings. The minimum absolute atomic E-state index is 0.0371. The number of benzene rings is 1. The summed E-state index contributed by atoms with van der Waals surface area (Å²) in [5.74, 6) is -0.0792. The summed E-state index contributed by atoms with van der Waals surface area (Å²) in [5.41, 5.74) is 0.834. The molecule has 0 aliphatic carbocycles. The maximum Gasteiger partial charge on any atom is 0.267 e. The topological polar surface area (TPSA) is 159 Å². The second-order valence-electron chi connectivity index (χ2n) is 9.51. The molecule has 206 valence electrons. The summed E-state index contributed by atoms with van der Waals surface area (Å²) in [6, 6.07) is 4.09. The molecule has 2 N–H and O–H groups in total. The first-order chi connectivity index (χ1) is 17.1. The third kappa shape index (κ3) is 6.61. The van der Waals surface area contributed by atoms with Gasteiger partial charge in [-0.3, -0.25) is 9.52 Å². The number of carbonyl (C=O) groups is 1. The molecule has 3 atom stereocenters. The molecule has 12 nitrogen and oxygen atoms in total. The highest BCUT2D eigenvalue weighted by Crippen LogP contribution is 2.31. The molecule has 1 aliphatic heterocycles. The van der Waals surface area contributed by atoms with Crippen LogP contribution in [0.3, 0.4) is 0 Å². The van der Waals surface area contributed by atoms with Gasteiger partial charge in [0, 0.05) is 30.8 Å². The third-order valence-electron chi connectivity index (χ3n) is 6.41. The quantitative estimate of drug-likeness (QED) is 0.484. The number of hydrogen-bond donors (Lipinski definition) is 2. The lowest BCUT2D eigenvalue weighted by molar-refractivity contribution is -0.134. The Morgan fingerprint density at radius 1 is 1.27 bits per heavy atom. The van der Waals surface area contributed by atoms with E-state index in [0.717, 1.165) is 6.26 Å². The van der Waals surface area contributed by atoms with Crippen LogP contribution >= 0.6 is 0 Å². The Bertz CT molecular complexity index is 1340. The molecule has 0 unspecified atom stereocenters. The van der Waals surface area contributed by atoms with Crippen molar-refractivity contribution in [2.24, 2.45) is 5.92 Å². The first kappa shape index (κ1) is 28.9. The summed E-state index contributed by atoms with van der Waals surface area (Å²) >= 11 is 0. The highest BCUT2D eigenvalue weighted by Gasteiger charge is 2.32.